The van der Waals surface area contributed by atoms with Gasteiger partial charge in [0.25, 0.3) is 0 Å². The summed E-state index contributed by atoms with van der Waals surface area (Å²) in [6, 6.07) is 10.4. The number of sulfonamides is 1. The number of halogens is 3. The van der Waals surface area contributed by atoms with E-state index in [1.165, 1.54) is 23.1 Å². The number of rotatable bonds is 10. The third-order valence-corrected chi connectivity index (χ3v) is 7.46. The molecule has 0 aliphatic heterocycles. The molecule has 186 valence electrons. The summed E-state index contributed by atoms with van der Waals surface area (Å²) in [5.41, 5.74) is 0.764. The van der Waals surface area contributed by atoms with Crippen molar-refractivity contribution in [2.45, 2.75) is 45.8 Å². The summed E-state index contributed by atoms with van der Waals surface area (Å²) in [4.78, 5) is 27.7. The third kappa shape index (κ3) is 7.50. The maximum atomic E-state index is 13.5. The summed E-state index contributed by atoms with van der Waals surface area (Å²) in [7, 11) is -3.91. The molecule has 0 saturated carbocycles. The third-order valence-electron chi connectivity index (χ3n) is 5.29. The molecular weight excluding hydrogens is 521 g/mol. The minimum atomic E-state index is -3.91. The van der Waals surface area contributed by atoms with Crippen molar-refractivity contribution in [2.75, 3.05) is 17.1 Å². The van der Waals surface area contributed by atoms with Crippen molar-refractivity contribution >= 4 is 62.3 Å². The minimum absolute atomic E-state index is 0.00587. The van der Waals surface area contributed by atoms with Crippen LogP contribution in [0.4, 0.5) is 5.69 Å². The van der Waals surface area contributed by atoms with Crippen LogP contribution < -0.4 is 9.62 Å². The Morgan fingerprint density at radius 2 is 1.71 bits per heavy atom. The van der Waals surface area contributed by atoms with Crippen molar-refractivity contribution in [3.05, 3.63) is 63.1 Å². The van der Waals surface area contributed by atoms with Gasteiger partial charge in [-0.1, -0.05) is 59.9 Å². The predicted molar refractivity (Wildman–Crippen MR) is 138 cm³/mol. The second-order valence-electron chi connectivity index (χ2n) is 7.99. The molecule has 2 rings (SSSR count). The average Bonchev–Trinajstić information content (AvgIpc) is 2.76. The molecule has 2 amide bonds. The summed E-state index contributed by atoms with van der Waals surface area (Å²) in [5, 5.41) is 3.50. The van der Waals surface area contributed by atoms with E-state index in [0.29, 0.717) is 10.6 Å². The quantitative estimate of drug-likeness (QED) is 0.464. The molecule has 0 bridgehead atoms. The standard InChI is InChI=1S/C23H28Cl3N3O4S/c1-5-15(2)27-23(31)16(3)28(13-17-8-6-9-18(24)12-17)21(30)14-29(34(4,32)33)20-11-7-10-19(25)22(20)26/h6-12,15-16H,5,13-14H2,1-4H3,(H,27,31)/t15-,16+/m1/s1. The summed E-state index contributed by atoms with van der Waals surface area (Å²) in [5.74, 6) is -0.940. The largest absolute Gasteiger partial charge is 0.352 e. The van der Waals surface area contributed by atoms with Crippen LogP contribution in [0.2, 0.25) is 15.1 Å². The molecule has 34 heavy (non-hydrogen) atoms. The van der Waals surface area contributed by atoms with Crippen LogP contribution in [-0.4, -0.2) is 50.0 Å². The van der Waals surface area contributed by atoms with Gasteiger partial charge in [0.1, 0.15) is 12.6 Å². The maximum absolute atomic E-state index is 13.5. The van der Waals surface area contributed by atoms with Gasteiger partial charge in [0.15, 0.2) is 0 Å². The predicted octanol–water partition coefficient (Wildman–Crippen LogP) is 4.74. The van der Waals surface area contributed by atoms with Crippen molar-refractivity contribution in [3.63, 3.8) is 0 Å². The molecule has 0 aromatic heterocycles. The number of carbonyl (C=O) groups excluding carboxylic acids is 2. The van der Waals surface area contributed by atoms with Gasteiger partial charge in [-0.05, 0) is 50.1 Å². The molecule has 0 unspecified atom stereocenters. The van der Waals surface area contributed by atoms with E-state index in [-0.39, 0.29) is 34.2 Å². The molecule has 0 radical (unpaired) electrons. The normalized spacial score (nSPS) is 13.1. The molecule has 0 heterocycles. The van der Waals surface area contributed by atoms with Crippen molar-refractivity contribution in [1.82, 2.24) is 10.2 Å². The van der Waals surface area contributed by atoms with E-state index in [9.17, 15) is 18.0 Å². The van der Waals surface area contributed by atoms with Gasteiger partial charge in [-0.25, -0.2) is 8.42 Å². The lowest BCUT2D eigenvalue weighted by Crippen LogP contribution is -2.52. The van der Waals surface area contributed by atoms with Crippen LogP contribution in [0.15, 0.2) is 42.5 Å². The Hall–Kier alpha value is -2.00. The Bertz CT molecular complexity index is 1140. The van der Waals surface area contributed by atoms with Crippen molar-refractivity contribution in [1.29, 1.82) is 0 Å². The average molecular weight is 549 g/mol. The Labute approximate surface area is 216 Å². The van der Waals surface area contributed by atoms with Crippen LogP contribution in [0.3, 0.4) is 0 Å². The highest BCUT2D eigenvalue weighted by Crippen LogP contribution is 2.33. The number of anilines is 1. The van der Waals surface area contributed by atoms with E-state index in [4.69, 9.17) is 34.8 Å². The van der Waals surface area contributed by atoms with Gasteiger partial charge in [0.05, 0.1) is 22.0 Å². The zero-order valence-electron chi connectivity index (χ0n) is 19.4. The van der Waals surface area contributed by atoms with Gasteiger partial charge in [-0.2, -0.15) is 0 Å². The lowest BCUT2D eigenvalue weighted by atomic mass is 10.1. The molecule has 2 atom stereocenters. The van der Waals surface area contributed by atoms with Crippen molar-refractivity contribution < 1.29 is 18.0 Å². The lowest BCUT2D eigenvalue weighted by Gasteiger charge is -2.32. The fourth-order valence-electron chi connectivity index (χ4n) is 3.16. The van der Waals surface area contributed by atoms with Gasteiger partial charge < -0.3 is 10.2 Å². The summed E-state index contributed by atoms with van der Waals surface area (Å²) >= 11 is 18.4. The van der Waals surface area contributed by atoms with Crippen LogP contribution in [0.5, 0.6) is 0 Å². The highest BCUT2D eigenvalue weighted by atomic mass is 35.5. The van der Waals surface area contributed by atoms with Crippen molar-refractivity contribution in [2.24, 2.45) is 0 Å². The number of benzene rings is 2. The van der Waals surface area contributed by atoms with E-state index in [0.717, 1.165) is 17.0 Å². The second-order valence-corrected chi connectivity index (χ2v) is 11.1. The number of carbonyl (C=O) groups is 2. The summed E-state index contributed by atoms with van der Waals surface area (Å²) in [6.45, 7) is 4.87. The maximum Gasteiger partial charge on any atom is 0.244 e. The Kier molecular flexibility index (Phi) is 10.1. The number of amides is 2. The SMILES string of the molecule is CC[C@@H](C)NC(=O)[C@H](C)N(Cc1cccc(Cl)c1)C(=O)CN(c1cccc(Cl)c1Cl)S(C)(=O)=O. The fourth-order valence-corrected chi connectivity index (χ4v) is 4.67. The summed E-state index contributed by atoms with van der Waals surface area (Å²) in [6.07, 6.45) is 1.69. The molecule has 1 N–H and O–H groups in total. The fraction of sp³-hybridized carbons (Fsp3) is 0.391. The van der Waals surface area contributed by atoms with Crippen LogP contribution in [-0.2, 0) is 26.2 Å². The molecule has 2 aromatic rings. The van der Waals surface area contributed by atoms with E-state index >= 15 is 0 Å². The first kappa shape index (κ1) is 28.2. The van der Waals surface area contributed by atoms with Crippen LogP contribution in [0, 0.1) is 0 Å². The Balaban J connectivity index is 2.43. The van der Waals surface area contributed by atoms with Crippen LogP contribution >= 0.6 is 34.8 Å². The van der Waals surface area contributed by atoms with Crippen LogP contribution in [0.1, 0.15) is 32.8 Å². The molecule has 0 saturated heterocycles. The molecule has 0 aliphatic rings. The van der Waals surface area contributed by atoms with E-state index in [1.54, 1.807) is 31.2 Å². The molecule has 2 aromatic carbocycles. The molecular formula is C23H28Cl3N3O4S. The smallest absolute Gasteiger partial charge is 0.244 e. The van der Waals surface area contributed by atoms with Gasteiger partial charge in [-0.3, -0.25) is 13.9 Å². The first-order valence-corrected chi connectivity index (χ1v) is 13.6. The van der Waals surface area contributed by atoms with Gasteiger partial charge in [-0.15, -0.1) is 0 Å². The Morgan fingerprint density at radius 1 is 1.06 bits per heavy atom. The monoisotopic (exact) mass is 547 g/mol. The zero-order valence-corrected chi connectivity index (χ0v) is 22.5. The number of hydrogen-bond donors (Lipinski definition) is 1. The highest BCUT2D eigenvalue weighted by Gasteiger charge is 2.31. The molecule has 0 aliphatic carbocycles. The molecule has 11 heteroatoms. The van der Waals surface area contributed by atoms with Gasteiger partial charge >= 0.3 is 0 Å². The molecule has 7 nitrogen and oxygen atoms in total. The summed E-state index contributed by atoms with van der Waals surface area (Å²) < 4.78 is 26.1. The Morgan fingerprint density at radius 3 is 2.29 bits per heavy atom. The van der Waals surface area contributed by atoms with Crippen LogP contribution in [0.25, 0.3) is 0 Å². The van der Waals surface area contributed by atoms with Crippen molar-refractivity contribution in [3.8, 4) is 0 Å². The van der Waals surface area contributed by atoms with Gasteiger partial charge in [0.2, 0.25) is 21.8 Å². The zero-order chi connectivity index (χ0) is 25.6. The number of nitrogens with one attached hydrogen (secondary N) is 1. The van der Waals surface area contributed by atoms with Gasteiger partial charge in [0, 0.05) is 17.6 Å². The highest BCUT2D eigenvalue weighted by molar-refractivity contribution is 7.92. The number of hydrogen-bond acceptors (Lipinski definition) is 4. The molecule has 0 fully saturated rings. The first-order valence-electron chi connectivity index (χ1n) is 10.6. The minimum Gasteiger partial charge on any atom is -0.352 e. The van der Waals surface area contributed by atoms with E-state index < -0.39 is 28.5 Å². The number of nitrogens with zero attached hydrogens (tertiary/aromatic N) is 2. The lowest BCUT2D eigenvalue weighted by molar-refractivity contribution is -0.139. The van der Waals surface area contributed by atoms with E-state index in [2.05, 4.69) is 5.32 Å². The topological polar surface area (TPSA) is 86.8 Å². The first-order chi connectivity index (χ1) is 15.8. The van der Waals surface area contributed by atoms with E-state index in [1.807, 2.05) is 13.8 Å². The molecule has 0 spiro atoms. The second kappa shape index (κ2) is 12.1.